The minimum Gasteiger partial charge on any atom is -0.493 e. The van der Waals surface area contributed by atoms with E-state index >= 15 is 0 Å². The summed E-state index contributed by atoms with van der Waals surface area (Å²) in [7, 11) is 1.50. The zero-order valence-corrected chi connectivity index (χ0v) is 18.2. The van der Waals surface area contributed by atoms with Gasteiger partial charge in [-0.05, 0) is 43.2 Å². The lowest BCUT2D eigenvalue weighted by atomic mass is 10.2. The number of thiazole rings is 1. The molecule has 0 radical (unpaired) electrons. The van der Waals surface area contributed by atoms with Gasteiger partial charge in [-0.2, -0.15) is 0 Å². The first kappa shape index (κ1) is 22.2. The third-order valence-corrected chi connectivity index (χ3v) is 5.95. The van der Waals surface area contributed by atoms with Gasteiger partial charge in [0.25, 0.3) is 5.91 Å². The second kappa shape index (κ2) is 10.1. The van der Waals surface area contributed by atoms with E-state index in [4.69, 9.17) is 14.2 Å². The normalized spacial score (nSPS) is 15.5. The van der Waals surface area contributed by atoms with Crippen molar-refractivity contribution < 1.29 is 27.8 Å². The van der Waals surface area contributed by atoms with Crippen LogP contribution in [0.4, 0.5) is 8.78 Å². The van der Waals surface area contributed by atoms with Crippen molar-refractivity contribution in [2.75, 3.05) is 20.3 Å². The number of rotatable bonds is 8. The van der Waals surface area contributed by atoms with Crippen LogP contribution in [0.2, 0.25) is 0 Å². The highest BCUT2D eigenvalue weighted by Crippen LogP contribution is 2.34. The Balaban J connectivity index is 1.42. The van der Waals surface area contributed by atoms with E-state index in [2.05, 4.69) is 10.3 Å². The summed E-state index contributed by atoms with van der Waals surface area (Å²) in [5.74, 6) is -0.711. The second-order valence-electron chi connectivity index (χ2n) is 7.27. The van der Waals surface area contributed by atoms with Crippen molar-refractivity contribution >= 4 is 17.2 Å². The van der Waals surface area contributed by atoms with Gasteiger partial charge in [-0.15, -0.1) is 11.3 Å². The maximum absolute atomic E-state index is 13.8. The van der Waals surface area contributed by atoms with Gasteiger partial charge in [0.2, 0.25) is 0 Å². The van der Waals surface area contributed by atoms with E-state index in [1.165, 1.54) is 30.6 Å². The number of amides is 1. The van der Waals surface area contributed by atoms with Gasteiger partial charge in [0.1, 0.15) is 28.9 Å². The first-order valence-electron chi connectivity index (χ1n) is 10.1. The van der Waals surface area contributed by atoms with Crippen molar-refractivity contribution in [2.45, 2.75) is 25.6 Å². The molecule has 0 aliphatic carbocycles. The Morgan fingerprint density at radius 3 is 2.88 bits per heavy atom. The number of ether oxygens (including phenoxy) is 3. The zero-order chi connectivity index (χ0) is 22.5. The van der Waals surface area contributed by atoms with Crippen molar-refractivity contribution in [2.24, 2.45) is 0 Å². The van der Waals surface area contributed by atoms with Gasteiger partial charge >= 0.3 is 0 Å². The molecule has 2 heterocycles. The number of hydrogen-bond acceptors (Lipinski definition) is 6. The van der Waals surface area contributed by atoms with E-state index in [9.17, 15) is 13.6 Å². The van der Waals surface area contributed by atoms with Gasteiger partial charge in [0, 0.05) is 35.7 Å². The van der Waals surface area contributed by atoms with Gasteiger partial charge in [0.05, 0.1) is 13.2 Å². The van der Waals surface area contributed by atoms with Crippen LogP contribution < -0.4 is 14.8 Å². The summed E-state index contributed by atoms with van der Waals surface area (Å²) in [5.41, 5.74) is 1.33. The summed E-state index contributed by atoms with van der Waals surface area (Å²) in [4.78, 5) is 16.8. The second-order valence-corrected chi connectivity index (χ2v) is 8.13. The molecule has 3 aromatic rings. The molecule has 1 aliphatic rings. The van der Waals surface area contributed by atoms with Crippen LogP contribution in [0.1, 0.15) is 28.9 Å². The number of benzene rings is 2. The van der Waals surface area contributed by atoms with Gasteiger partial charge < -0.3 is 19.5 Å². The minimum absolute atomic E-state index is 0.0669. The van der Waals surface area contributed by atoms with E-state index in [0.29, 0.717) is 28.7 Å². The molecule has 32 heavy (non-hydrogen) atoms. The Bertz CT molecular complexity index is 1100. The van der Waals surface area contributed by atoms with Crippen LogP contribution in [0.5, 0.6) is 11.5 Å². The molecule has 6 nitrogen and oxygen atoms in total. The lowest BCUT2D eigenvalue weighted by Gasteiger charge is -2.12. The molecular weight excluding hydrogens is 438 g/mol. The van der Waals surface area contributed by atoms with Crippen LogP contribution in [0.25, 0.3) is 10.6 Å². The fourth-order valence-electron chi connectivity index (χ4n) is 3.33. The molecule has 4 rings (SSSR count). The van der Waals surface area contributed by atoms with Gasteiger partial charge in [-0.25, -0.2) is 13.8 Å². The molecule has 1 atom stereocenters. The Morgan fingerprint density at radius 2 is 2.12 bits per heavy atom. The average molecular weight is 461 g/mol. The Morgan fingerprint density at radius 1 is 1.25 bits per heavy atom. The highest BCUT2D eigenvalue weighted by Gasteiger charge is 2.18. The summed E-state index contributed by atoms with van der Waals surface area (Å²) in [6.45, 7) is 1.13. The SMILES string of the molecule is COc1cc(-c2nc(C(=O)NC[C@@H]3CCCO3)cs2)ccc1OCc1ccc(F)cc1F. The van der Waals surface area contributed by atoms with Crippen molar-refractivity contribution in [1.82, 2.24) is 10.3 Å². The fourth-order valence-corrected chi connectivity index (χ4v) is 4.12. The first-order chi connectivity index (χ1) is 15.5. The number of carbonyl (C=O) groups excluding carboxylic acids is 1. The molecule has 2 aromatic carbocycles. The molecule has 1 saturated heterocycles. The van der Waals surface area contributed by atoms with Crippen LogP contribution >= 0.6 is 11.3 Å². The lowest BCUT2D eigenvalue weighted by molar-refractivity contribution is 0.0854. The number of methoxy groups -OCH3 is 1. The number of halogens is 2. The standard InChI is InChI=1S/C23H22F2N2O4S/c1-29-21-9-14(5-7-20(21)31-12-15-4-6-16(24)10-18(15)25)23-27-19(13-32-23)22(28)26-11-17-3-2-8-30-17/h4-7,9-10,13,17H,2-3,8,11-12H2,1H3,(H,26,28)/t17-/m0/s1. The molecular formula is C23H22F2N2O4S. The number of carbonyl (C=O) groups is 1. The predicted octanol–water partition coefficient (Wildman–Crippen LogP) is 4.58. The molecule has 0 bridgehead atoms. The van der Waals surface area contributed by atoms with E-state index in [-0.39, 0.29) is 24.2 Å². The Labute approximate surface area is 188 Å². The molecule has 0 saturated carbocycles. The van der Waals surface area contributed by atoms with E-state index in [1.54, 1.807) is 23.6 Å². The third kappa shape index (κ3) is 5.23. The third-order valence-electron chi connectivity index (χ3n) is 5.06. The maximum Gasteiger partial charge on any atom is 0.270 e. The minimum atomic E-state index is -0.673. The molecule has 168 valence electrons. The van der Waals surface area contributed by atoms with E-state index in [0.717, 1.165) is 31.1 Å². The Kier molecular flexibility index (Phi) is 6.96. The predicted molar refractivity (Wildman–Crippen MR) is 116 cm³/mol. The summed E-state index contributed by atoms with van der Waals surface area (Å²) < 4.78 is 43.5. The summed E-state index contributed by atoms with van der Waals surface area (Å²) in [6, 6.07) is 8.55. The summed E-state index contributed by atoms with van der Waals surface area (Å²) >= 11 is 1.34. The maximum atomic E-state index is 13.8. The highest BCUT2D eigenvalue weighted by molar-refractivity contribution is 7.13. The molecule has 0 spiro atoms. The first-order valence-corrected chi connectivity index (χ1v) is 11.0. The van der Waals surface area contributed by atoms with Crippen LogP contribution in [-0.4, -0.2) is 37.3 Å². The number of nitrogens with zero attached hydrogens (tertiary/aromatic N) is 1. The smallest absolute Gasteiger partial charge is 0.270 e. The molecule has 1 N–H and O–H groups in total. The van der Waals surface area contributed by atoms with Crippen molar-refractivity contribution in [3.05, 3.63) is 64.7 Å². The summed E-state index contributed by atoms with van der Waals surface area (Å²) in [6.07, 6.45) is 2.03. The van der Waals surface area contributed by atoms with Gasteiger partial charge in [0.15, 0.2) is 11.5 Å². The van der Waals surface area contributed by atoms with Crippen molar-refractivity contribution in [3.8, 4) is 22.1 Å². The molecule has 1 aromatic heterocycles. The van der Waals surface area contributed by atoms with Crippen LogP contribution in [-0.2, 0) is 11.3 Å². The largest absolute Gasteiger partial charge is 0.493 e. The molecule has 0 unspecified atom stereocenters. The highest BCUT2D eigenvalue weighted by atomic mass is 32.1. The lowest BCUT2D eigenvalue weighted by Crippen LogP contribution is -2.31. The molecule has 1 amide bonds. The molecule has 1 aliphatic heterocycles. The Hall–Kier alpha value is -3.04. The molecule has 9 heteroatoms. The van der Waals surface area contributed by atoms with Crippen molar-refractivity contribution in [3.63, 3.8) is 0 Å². The van der Waals surface area contributed by atoms with Crippen LogP contribution in [0.15, 0.2) is 41.8 Å². The monoisotopic (exact) mass is 460 g/mol. The van der Waals surface area contributed by atoms with Crippen LogP contribution in [0.3, 0.4) is 0 Å². The van der Waals surface area contributed by atoms with Gasteiger partial charge in [-0.3, -0.25) is 4.79 Å². The molecule has 1 fully saturated rings. The topological polar surface area (TPSA) is 69.7 Å². The summed E-state index contributed by atoms with van der Waals surface area (Å²) in [5, 5.41) is 5.22. The average Bonchev–Trinajstić information content (AvgIpc) is 3.49. The van der Waals surface area contributed by atoms with Crippen LogP contribution in [0, 0.1) is 11.6 Å². The van der Waals surface area contributed by atoms with Gasteiger partial charge in [-0.1, -0.05) is 0 Å². The fraction of sp³-hybridized carbons (Fsp3) is 0.304. The van der Waals surface area contributed by atoms with E-state index in [1.807, 2.05) is 0 Å². The number of nitrogens with one attached hydrogen (secondary N) is 1. The van der Waals surface area contributed by atoms with E-state index < -0.39 is 11.6 Å². The quantitative estimate of drug-likeness (QED) is 0.533. The number of hydrogen-bond donors (Lipinski definition) is 1. The number of aromatic nitrogens is 1. The van der Waals surface area contributed by atoms with Crippen molar-refractivity contribution in [1.29, 1.82) is 0 Å². The zero-order valence-electron chi connectivity index (χ0n) is 17.4.